The van der Waals surface area contributed by atoms with E-state index in [9.17, 15) is 14.4 Å². The lowest BCUT2D eigenvalue weighted by atomic mass is 9.83. The van der Waals surface area contributed by atoms with Crippen molar-refractivity contribution in [2.45, 2.75) is 44.1 Å². The average Bonchev–Trinajstić information content (AvgIpc) is 3.04. The highest BCUT2D eigenvalue weighted by Crippen LogP contribution is 2.46. The number of benzene rings is 1. The second-order valence-corrected chi connectivity index (χ2v) is 8.48. The zero-order chi connectivity index (χ0) is 22.5. The number of esters is 1. The van der Waals surface area contributed by atoms with Crippen LogP contribution in [-0.4, -0.2) is 41.5 Å². The number of aromatic nitrogens is 2. The number of hydrogen-bond acceptors (Lipinski definition) is 7. The number of nitrogens with zero attached hydrogens (tertiary/aromatic N) is 2. The van der Waals surface area contributed by atoms with Crippen LogP contribution in [0.25, 0.3) is 0 Å². The molecule has 3 heterocycles. The lowest BCUT2D eigenvalue weighted by Gasteiger charge is -2.39. The van der Waals surface area contributed by atoms with Gasteiger partial charge >= 0.3 is 5.97 Å². The van der Waals surface area contributed by atoms with Gasteiger partial charge in [0.25, 0.3) is 11.5 Å². The summed E-state index contributed by atoms with van der Waals surface area (Å²) in [6.07, 6.45) is 4.26. The fourth-order valence-electron chi connectivity index (χ4n) is 4.90. The molecule has 32 heavy (non-hydrogen) atoms. The van der Waals surface area contributed by atoms with E-state index in [0.29, 0.717) is 31.9 Å². The molecule has 0 saturated carbocycles. The Kier molecular flexibility index (Phi) is 4.87. The van der Waals surface area contributed by atoms with Gasteiger partial charge in [-0.2, -0.15) is 0 Å². The normalized spacial score (nSPS) is 18.8. The molecule has 2 aromatic rings. The van der Waals surface area contributed by atoms with Crippen LogP contribution in [0, 0.1) is 5.82 Å². The number of ether oxygens (including phenoxy) is 2. The van der Waals surface area contributed by atoms with Crippen molar-refractivity contribution in [1.29, 1.82) is 0 Å². The number of fused-ring (bicyclic) bond motifs is 3. The highest BCUT2D eigenvalue weighted by molar-refractivity contribution is 5.95. The van der Waals surface area contributed by atoms with Crippen molar-refractivity contribution < 1.29 is 23.5 Å². The third kappa shape index (κ3) is 3.39. The van der Waals surface area contributed by atoms with Crippen LogP contribution >= 0.6 is 0 Å². The van der Waals surface area contributed by atoms with Crippen LogP contribution < -0.4 is 20.9 Å². The van der Waals surface area contributed by atoms with Gasteiger partial charge < -0.3 is 20.1 Å². The maximum Gasteiger partial charge on any atom is 0.339 e. The molecule has 0 atom stereocenters. The lowest BCUT2D eigenvalue weighted by molar-refractivity contribution is -0.119. The summed E-state index contributed by atoms with van der Waals surface area (Å²) >= 11 is 0. The molecule has 3 N–H and O–H groups in total. The Bertz CT molecular complexity index is 1170. The van der Waals surface area contributed by atoms with Crippen molar-refractivity contribution in [3.8, 4) is 5.75 Å². The number of carbonyl (C=O) groups is 2. The summed E-state index contributed by atoms with van der Waals surface area (Å²) in [6.45, 7) is 0.459. The summed E-state index contributed by atoms with van der Waals surface area (Å²) < 4.78 is 25.9. The van der Waals surface area contributed by atoms with E-state index < -0.39 is 29.9 Å². The van der Waals surface area contributed by atoms with Crippen molar-refractivity contribution >= 4 is 17.8 Å². The SMILES string of the molecule is NC(=O)COc1cc(F)c2c(c1)C(=O)OC21CCN(c2nc3c(c(=O)[nH]2)CCCC3)CC1. The van der Waals surface area contributed by atoms with E-state index >= 15 is 4.39 Å². The molecule has 0 radical (unpaired) electrons. The van der Waals surface area contributed by atoms with Crippen LogP contribution in [-0.2, 0) is 28.0 Å². The molecule has 10 heteroatoms. The first kappa shape index (κ1) is 20.5. The minimum atomic E-state index is -1.08. The van der Waals surface area contributed by atoms with Crippen molar-refractivity contribution in [1.82, 2.24) is 9.97 Å². The first-order valence-corrected chi connectivity index (χ1v) is 10.7. The molecule has 3 aliphatic rings. The van der Waals surface area contributed by atoms with Gasteiger partial charge in [-0.05, 0) is 31.7 Å². The lowest BCUT2D eigenvalue weighted by Crippen LogP contribution is -2.44. The van der Waals surface area contributed by atoms with Crippen LogP contribution in [0.1, 0.15) is 52.9 Å². The predicted octanol–water partition coefficient (Wildman–Crippen LogP) is 1.32. The van der Waals surface area contributed by atoms with Gasteiger partial charge in [0, 0.05) is 43.1 Å². The predicted molar refractivity (Wildman–Crippen MR) is 111 cm³/mol. The number of anilines is 1. The van der Waals surface area contributed by atoms with Gasteiger partial charge in [-0.15, -0.1) is 0 Å². The van der Waals surface area contributed by atoms with E-state index in [2.05, 4.69) is 9.97 Å². The van der Waals surface area contributed by atoms with Gasteiger partial charge in [0.15, 0.2) is 6.61 Å². The maximum absolute atomic E-state index is 15.0. The Hall–Kier alpha value is -3.43. The quantitative estimate of drug-likeness (QED) is 0.684. The number of H-pyrrole nitrogens is 1. The summed E-state index contributed by atoms with van der Waals surface area (Å²) in [6, 6.07) is 2.52. The monoisotopic (exact) mass is 442 g/mol. The Morgan fingerprint density at radius 1 is 1.25 bits per heavy atom. The average molecular weight is 442 g/mol. The number of primary amides is 1. The van der Waals surface area contributed by atoms with Crippen molar-refractivity contribution in [3.05, 3.63) is 50.7 Å². The zero-order valence-electron chi connectivity index (χ0n) is 17.4. The molecule has 1 aliphatic carbocycles. The molecule has 1 aromatic heterocycles. The molecule has 1 aromatic carbocycles. The number of nitrogens with one attached hydrogen (secondary N) is 1. The van der Waals surface area contributed by atoms with Crippen molar-refractivity contribution in [2.24, 2.45) is 5.73 Å². The molecule has 1 amide bonds. The third-order valence-corrected chi connectivity index (χ3v) is 6.46. The summed E-state index contributed by atoms with van der Waals surface area (Å²) in [5.74, 6) is -1.40. The summed E-state index contributed by atoms with van der Waals surface area (Å²) in [7, 11) is 0. The minimum Gasteiger partial charge on any atom is -0.484 e. The van der Waals surface area contributed by atoms with Gasteiger partial charge in [0.1, 0.15) is 17.2 Å². The smallest absolute Gasteiger partial charge is 0.339 e. The summed E-state index contributed by atoms with van der Waals surface area (Å²) in [5.41, 5.74) is 5.80. The van der Waals surface area contributed by atoms with Crippen LogP contribution in [0.4, 0.5) is 10.3 Å². The fraction of sp³-hybridized carbons (Fsp3) is 0.455. The standard InChI is InChI=1S/C22H23FN4O5/c23-15-10-12(31-11-17(24)28)9-14-18(15)22(32-20(14)30)5-7-27(8-6-22)21-25-16-4-2-1-3-13(16)19(29)26-21/h9-10H,1-8,11H2,(H2,24,28)(H,25,26,29). The largest absolute Gasteiger partial charge is 0.484 e. The van der Waals surface area contributed by atoms with Gasteiger partial charge in [-0.25, -0.2) is 14.2 Å². The molecule has 5 rings (SSSR count). The molecular formula is C22H23FN4O5. The third-order valence-electron chi connectivity index (χ3n) is 6.46. The van der Waals surface area contributed by atoms with E-state index in [-0.39, 0.29) is 22.4 Å². The molecule has 0 bridgehead atoms. The molecule has 1 spiro atoms. The van der Waals surface area contributed by atoms with E-state index in [1.54, 1.807) is 0 Å². The molecule has 2 aliphatic heterocycles. The minimum absolute atomic E-state index is 0.0438. The Labute approximate surface area is 182 Å². The highest BCUT2D eigenvalue weighted by Gasteiger charge is 2.50. The van der Waals surface area contributed by atoms with E-state index in [1.165, 1.54) is 6.07 Å². The Morgan fingerprint density at radius 2 is 2.00 bits per heavy atom. The van der Waals surface area contributed by atoms with E-state index in [1.807, 2.05) is 4.90 Å². The number of halogens is 1. The summed E-state index contributed by atoms with van der Waals surface area (Å²) in [5, 5.41) is 0. The van der Waals surface area contributed by atoms with Gasteiger partial charge in [0.05, 0.1) is 11.3 Å². The Balaban J connectivity index is 1.39. The zero-order valence-corrected chi connectivity index (χ0v) is 17.4. The number of rotatable bonds is 4. The first-order valence-electron chi connectivity index (χ1n) is 10.7. The van der Waals surface area contributed by atoms with Crippen molar-refractivity contribution in [2.75, 3.05) is 24.6 Å². The molecule has 0 unspecified atom stereocenters. The molecule has 1 fully saturated rings. The van der Waals surface area contributed by atoms with Gasteiger partial charge in [-0.1, -0.05) is 0 Å². The van der Waals surface area contributed by atoms with E-state index in [4.69, 9.17) is 15.2 Å². The Morgan fingerprint density at radius 3 is 2.75 bits per heavy atom. The number of nitrogens with two attached hydrogens (primary N) is 1. The summed E-state index contributed by atoms with van der Waals surface area (Å²) in [4.78, 5) is 45.4. The second-order valence-electron chi connectivity index (χ2n) is 8.48. The number of piperidine rings is 1. The number of aryl methyl sites for hydroxylation is 1. The molecule has 9 nitrogen and oxygen atoms in total. The topological polar surface area (TPSA) is 128 Å². The maximum atomic E-state index is 15.0. The molecule has 168 valence electrons. The molecular weight excluding hydrogens is 419 g/mol. The number of amides is 1. The van der Waals surface area contributed by atoms with Gasteiger partial charge in [0.2, 0.25) is 5.95 Å². The van der Waals surface area contributed by atoms with Crippen LogP contribution in [0.5, 0.6) is 5.75 Å². The highest BCUT2D eigenvalue weighted by atomic mass is 19.1. The van der Waals surface area contributed by atoms with Crippen molar-refractivity contribution in [3.63, 3.8) is 0 Å². The molecule has 1 saturated heterocycles. The number of aromatic amines is 1. The first-order chi connectivity index (χ1) is 15.4. The van der Waals surface area contributed by atoms with Crippen LogP contribution in [0.2, 0.25) is 0 Å². The number of carbonyl (C=O) groups excluding carboxylic acids is 2. The van der Waals surface area contributed by atoms with Gasteiger partial charge in [-0.3, -0.25) is 14.6 Å². The van der Waals surface area contributed by atoms with Crippen LogP contribution in [0.3, 0.4) is 0 Å². The van der Waals surface area contributed by atoms with Crippen LogP contribution in [0.15, 0.2) is 16.9 Å². The fourth-order valence-corrected chi connectivity index (χ4v) is 4.90. The number of hydrogen-bond donors (Lipinski definition) is 2. The second kappa shape index (κ2) is 7.61. The van der Waals surface area contributed by atoms with E-state index in [0.717, 1.165) is 43.0 Å².